The van der Waals surface area contributed by atoms with Crippen molar-refractivity contribution in [2.75, 3.05) is 32.1 Å². The molecule has 102 valence electrons. The molecule has 0 aliphatic rings. The molecular weight excluding hydrogens is 254 g/mol. The summed E-state index contributed by atoms with van der Waals surface area (Å²) in [6.45, 7) is 2.16. The minimum Gasteiger partial charge on any atom is -0.395 e. The van der Waals surface area contributed by atoms with Crippen molar-refractivity contribution in [3.05, 3.63) is 18.5 Å². The van der Waals surface area contributed by atoms with Crippen LogP contribution < -0.4 is 5.32 Å². The summed E-state index contributed by atoms with van der Waals surface area (Å²) < 4.78 is 26.1. The zero-order chi connectivity index (χ0) is 13.6. The van der Waals surface area contributed by atoms with Crippen LogP contribution in [0.2, 0.25) is 0 Å². The summed E-state index contributed by atoms with van der Waals surface area (Å²) in [4.78, 5) is 3.99. The number of sulfonamides is 1. The lowest BCUT2D eigenvalue weighted by molar-refractivity contribution is 0.253. The van der Waals surface area contributed by atoms with Gasteiger partial charge in [-0.1, -0.05) is 6.92 Å². The van der Waals surface area contributed by atoms with E-state index in [1.807, 2.05) is 6.92 Å². The molecule has 0 fully saturated rings. The summed E-state index contributed by atoms with van der Waals surface area (Å²) in [5, 5.41) is 11.8. The molecular formula is C11H19N3O3S. The molecule has 7 heteroatoms. The quantitative estimate of drug-likeness (QED) is 0.756. The summed E-state index contributed by atoms with van der Waals surface area (Å²) in [5.41, 5.74) is 0.504. The lowest BCUT2D eigenvalue weighted by atomic mass is 10.4. The molecule has 0 saturated heterocycles. The van der Waals surface area contributed by atoms with Crippen LogP contribution in [0.25, 0.3) is 0 Å². The van der Waals surface area contributed by atoms with Gasteiger partial charge in [-0.15, -0.1) is 0 Å². The largest absolute Gasteiger partial charge is 0.395 e. The van der Waals surface area contributed by atoms with Gasteiger partial charge in [-0.05, 0) is 12.5 Å². The SMILES string of the molecule is CCCN(CCO)S(=O)(=O)c1cnccc1NC. The fourth-order valence-corrected chi connectivity index (χ4v) is 3.31. The normalized spacial score (nSPS) is 11.8. The second kappa shape index (κ2) is 6.67. The zero-order valence-corrected chi connectivity index (χ0v) is 11.4. The standard InChI is InChI=1S/C11H19N3O3S/c1-3-6-14(7-8-15)18(16,17)11-9-13-5-4-10(11)12-2/h4-5,9,15H,3,6-8H2,1-2H3,(H,12,13). The lowest BCUT2D eigenvalue weighted by Gasteiger charge is -2.21. The minimum atomic E-state index is -3.62. The first-order valence-corrected chi connectivity index (χ1v) is 7.24. The molecule has 1 aromatic heterocycles. The number of nitrogens with one attached hydrogen (secondary N) is 1. The monoisotopic (exact) mass is 273 g/mol. The van der Waals surface area contributed by atoms with Crippen molar-refractivity contribution in [2.24, 2.45) is 0 Å². The van der Waals surface area contributed by atoms with Gasteiger partial charge in [0.1, 0.15) is 4.90 Å². The Kier molecular flexibility index (Phi) is 5.52. The molecule has 0 aromatic carbocycles. The molecule has 0 bridgehead atoms. The number of pyridine rings is 1. The molecule has 0 saturated carbocycles. The van der Waals surface area contributed by atoms with Crippen LogP contribution in [0.4, 0.5) is 5.69 Å². The number of aliphatic hydroxyl groups is 1. The van der Waals surface area contributed by atoms with E-state index in [0.29, 0.717) is 18.7 Å². The Balaban J connectivity index is 3.17. The van der Waals surface area contributed by atoms with E-state index < -0.39 is 10.0 Å². The third kappa shape index (κ3) is 3.18. The van der Waals surface area contributed by atoms with Crippen molar-refractivity contribution >= 4 is 15.7 Å². The molecule has 0 radical (unpaired) electrons. The van der Waals surface area contributed by atoms with E-state index in [1.54, 1.807) is 13.1 Å². The molecule has 6 nitrogen and oxygen atoms in total. The van der Waals surface area contributed by atoms with Crippen LogP contribution in [0.5, 0.6) is 0 Å². The van der Waals surface area contributed by atoms with E-state index in [1.165, 1.54) is 16.7 Å². The lowest BCUT2D eigenvalue weighted by Crippen LogP contribution is -2.34. The Hall–Kier alpha value is -1.18. The number of aliphatic hydroxyl groups excluding tert-OH is 1. The maximum atomic E-state index is 12.4. The molecule has 0 aliphatic heterocycles. The van der Waals surface area contributed by atoms with Gasteiger partial charge in [0.05, 0.1) is 12.3 Å². The average Bonchev–Trinajstić information content (AvgIpc) is 2.38. The molecule has 0 aliphatic carbocycles. The van der Waals surface area contributed by atoms with E-state index in [9.17, 15) is 8.42 Å². The molecule has 0 spiro atoms. The molecule has 0 unspecified atom stereocenters. The summed E-state index contributed by atoms with van der Waals surface area (Å²) in [6.07, 6.45) is 3.54. The highest BCUT2D eigenvalue weighted by molar-refractivity contribution is 7.89. The molecule has 0 amide bonds. The first kappa shape index (κ1) is 14.9. The van der Waals surface area contributed by atoms with Crippen LogP contribution in [0.1, 0.15) is 13.3 Å². The summed E-state index contributed by atoms with van der Waals surface area (Å²) in [6, 6.07) is 1.61. The highest BCUT2D eigenvalue weighted by Crippen LogP contribution is 2.22. The molecule has 1 heterocycles. The van der Waals surface area contributed by atoms with Gasteiger partial charge >= 0.3 is 0 Å². The number of nitrogens with zero attached hydrogens (tertiary/aromatic N) is 2. The predicted molar refractivity (Wildman–Crippen MR) is 69.9 cm³/mol. The van der Waals surface area contributed by atoms with Gasteiger partial charge in [0.15, 0.2) is 0 Å². The topological polar surface area (TPSA) is 82.5 Å². The second-order valence-electron chi connectivity index (χ2n) is 3.75. The number of rotatable bonds is 7. The molecule has 0 atom stereocenters. The number of hydrogen-bond acceptors (Lipinski definition) is 5. The Morgan fingerprint density at radius 3 is 2.72 bits per heavy atom. The van der Waals surface area contributed by atoms with E-state index >= 15 is 0 Å². The Bertz CT molecular complexity index is 470. The van der Waals surface area contributed by atoms with E-state index in [2.05, 4.69) is 10.3 Å². The summed E-state index contributed by atoms with van der Waals surface area (Å²) in [5.74, 6) is 0. The van der Waals surface area contributed by atoms with Crippen LogP contribution >= 0.6 is 0 Å². The van der Waals surface area contributed by atoms with Gasteiger partial charge < -0.3 is 10.4 Å². The molecule has 1 aromatic rings. The van der Waals surface area contributed by atoms with Crippen molar-refractivity contribution < 1.29 is 13.5 Å². The van der Waals surface area contributed by atoms with Gasteiger partial charge in [-0.25, -0.2) is 8.42 Å². The first-order chi connectivity index (χ1) is 8.57. The maximum absolute atomic E-state index is 12.4. The summed E-state index contributed by atoms with van der Waals surface area (Å²) >= 11 is 0. The van der Waals surface area contributed by atoms with Crippen molar-refractivity contribution in [1.29, 1.82) is 0 Å². The fraction of sp³-hybridized carbons (Fsp3) is 0.545. The summed E-state index contributed by atoms with van der Waals surface area (Å²) in [7, 11) is -1.96. The van der Waals surface area contributed by atoms with Crippen molar-refractivity contribution in [1.82, 2.24) is 9.29 Å². The third-order valence-electron chi connectivity index (χ3n) is 2.49. The van der Waals surface area contributed by atoms with Crippen LogP contribution in [-0.4, -0.2) is 49.6 Å². The number of anilines is 1. The van der Waals surface area contributed by atoms with Gasteiger partial charge in [-0.2, -0.15) is 4.31 Å². The minimum absolute atomic E-state index is 0.0915. The predicted octanol–water partition coefficient (Wildman–Crippen LogP) is 0.516. The third-order valence-corrected chi connectivity index (χ3v) is 4.42. The molecule has 1 rings (SSSR count). The number of aromatic nitrogens is 1. The van der Waals surface area contributed by atoms with Gasteiger partial charge in [-0.3, -0.25) is 4.98 Å². The zero-order valence-electron chi connectivity index (χ0n) is 10.6. The Labute approximate surface area is 108 Å². The highest BCUT2D eigenvalue weighted by atomic mass is 32.2. The van der Waals surface area contributed by atoms with E-state index in [-0.39, 0.29) is 18.0 Å². The van der Waals surface area contributed by atoms with Crippen molar-refractivity contribution in [3.63, 3.8) is 0 Å². The molecule has 2 N–H and O–H groups in total. The Morgan fingerprint density at radius 2 is 2.17 bits per heavy atom. The van der Waals surface area contributed by atoms with Crippen LogP contribution in [0, 0.1) is 0 Å². The van der Waals surface area contributed by atoms with Crippen LogP contribution in [0.3, 0.4) is 0 Å². The number of hydrogen-bond donors (Lipinski definition) is 2. The van der Waals surface area contributed by atoms with Crippen LogP contribution in [0.15, 0.2) is 23.4 Å². The first-order valence-electron chi connectivity index (χ1n) is 5.80. The average molecular weight is 273 g/mol. The van der Waals surface area contributed by atoms with Gasteiger partial charge in [0.2, 0.25) is 10.0 Å². The van der Waals surface area contributed by atoms with E-state index in [4.69, 9.17) is 5.11 Å². The van der Waals surface area contributed by atoms with Crippen molar-refractivity contribution in [2.45, 2.75) is 18.2 Å². The highest BCUT2D eigenvalue weighted by Gasteiger charge is 2.26. The smallest absolute Gasteiger partial charge is 0.246 e. The van der Waals surface area contributed by atoms with Gasteiger partial charge in [0, 0.05) is 32.5 Å². The van der Waals surface area contributed by atoms with E-state index in [0.717, 1.165) is 0 Å². The van der Waals surface area contributed by atoms with Gasteiger partial charge in [0.25, 0.3) is 0 Å². The van der Waals surface area contributed by atoms with Crippen molar-refractivity contribution in [3.8, 4) is 0 Å². The molecule has 18 heavy (non-hydrogen) atoms. The second-order valence-corrected chi connectivity index (χ2v) is 5.66. The maximum Gasteiger partial charge on any atom is 0.246 e. The van der Waals surface area contributed by atoms with Crippen LogP contribution in [-0.2, 0) is 10.0 Å². The fourth-order valence-electron chi connectivity index (χ4n) is 1.64. The Morgan fingerprint density at radius 1 is 1.44 bits per heavy atom.